The van der Waals surface area contributed by atoms with Gasteiger partial charge < -0.3 is 9.47 Å². The average molecular weight is 207 g/mol. The highest BCUT2D eigenvalue weighted by Crippen LogP contribution is 2.18. The van der Waals surface area contributed by atoms with E-state index in [1.54, 1.807) is 7.11 Å². The van der Waals surface area contributed by atoms with Crippen molar-refractivity contribution in [3.05, 3.63) is 16.8 Å². The predicted octanol–water partition coefficient (Wildman–Crippen LogP) is 0.990. The van der Waals surface area contributed by atoms with Crippen LogP contribution in [0.15, 0.2) is 0 Å². The van der Waals surface area contributed by atoms with Gasteiger partial charge in [-0.1, -0.05) is 0 Å². The maximum Gasteiger partial charge on any atom is 0.251 e. The third kappa shape index (κ3) is 2.64. The van der Waals surface area contributed by atoms with Crippen LogP contribution in [-0.4, -0.2) is 30.5 Å². The first-order valence-corrected chi connectivity index (χ1v) is 4.56. The molecule has 5 nitrogen and oxygen atoms in total. The van der Waals surface area contributed by atoms with Gasteiger partial charge in [0.25, 0.3) is 5.88 Å². The van der Waals surface area contributed by atoms with E-state index in [1.807, 2.05) is 13.8 Å². The number of nitriles is 1. The molecule has 0 aromatic carbocycles. The van der Waals surface area contributed by atoms with Gasteiger partial charge in [0.05, 0.1) is 12.3 Å². The number of nitrogens with zero attached hydrogens (tertiary/aromatic N) is 3. The van der Waals surface area contributed by atoms with Crippen molar-refractivity contribution in [1.29, 1.82) is 5.26 Å². The minimum absolute atomic E-state index is 0.276. The summed E-state index contributed by atoms with van der Waals surface area (Å²) < 4.78 is 10.1. The Hall–Kier alpha value is -1.67. The van der Waals surface area contributed by atoms with E-state index in [4.69, 9.17) is 14.7 Å². The number of methoxy groups -OCH3 is 1. The molecule has 1 heterocycles. The van der Waals surface area contributed by atoms with Gasteiger partial charge in [-0.05, 0) is 19.4 Å². The van der Waals surface area contributed by atoms with Crippen molar-refractivity contribution in [2.45, 2.75) is 13.8 Å². The number of hydrogen-bond donors (Lipinski definition) is 0. The molecule has 0 fully saturated rings. The van der Waals surface area contributed by atoms with Gasteiger partial charge in [-0.2, -0.15) is 10.4 Å². The van der Waals surface area contributed by atoms with Crippen LogP contribution in [0.5, 0.6) is 5.88 Å². The number of aryl methyl sites for hydroxylation is 1. The van der Waals surface area contributed by atoms with Gasteiger partial charge in [-0.25, -0.2) is 0 Å². The predicted molar refractivity (Wildman–Crippen MR) is 53.6 cm³/mol. The summed E-state index contributed by atoms with van der Waals surface area (Å²) in [5.41, 5.74) is 1.99. The highest BCUT2D eigenvalue weighted by atomic mass is 16.5. The molecule has 0 aliphatic heterocycles. The van der Waals surface area contributed by atoms with Crippen LogP contribution in [0.4, 0.5) is 0 Å². The zero-order valence-electron chi connectivity index (χ0n) is 9.07. The van der Waals surface area contributed by atoms with Gasteiger partial charge in [0.15, 0.2) is 0 Å². The molecule has 80 valence electrons. The lowest BCUT2D eigenvalue weighted by atomic mass is 10.1. The number of rotatable bonds is 4. The second-order valence-corrected chi connectivity index (χ2v) is 3.04. The minimum atomic E-state index is 0.276. The molecule has 0 saturated carbocycles. The summed E-state index contributed by atoms with van der Waals surface area (Å²) in [6.45, 7) is 4.45. The minimum Gasteiger partial charge on any atom is -0.473 e. The average Bonchev–Trinajstić information content (AvgIpc) is 2.24. The van der Waals surface area contributed by atoms with Crippen molar-refractivity contribution < 1.29 is 9.47 Å². The van der Waals surface area contributed by atoms with E-state index in [0.717, 1.165) is 11.3 Å². The van der Waals surface area contributed by atoms with Crippen LogP contribution in [0.25, 0.3) is 0 Å². The zero-order chi connectivity index (χ0) is 11.3. The molecule has 0 unspecified atom stereocenters. The summed E-state index contributed by atoms with van der Waals surface area (Å²) in [6, 6.07) is 2.06. The maximum atomic E-state index is 8.95. The Morgan fingerprint density at radius 3 is 2.60 bits per heavy atom. The van der Waals surface area contributed by atoms with E-state index in [1.165, 1.54) is 0 Å². The molecule has 1 aromatic rings. The summed E-state index contributed by atoms with van der Waals surface area (Å²) in [7, 11) is 1.58. The van der Waals surface area contributed by atoms with E-state index in [2.05, 4.69) is 16.3 Å². The van der Waals surface area contributed by atoms with Gasteiger partial charge >= 0.3 is 0 Å². The molecule has 0 N–H and O–H groups in total. The van der Waals surface area contributed by atoms with Gasteiger partial charge in [0, 0.05) is 7.11 Å². The van der Waals surface area contributed by atoms with Gasteiger partial charge in [-0.3, -0.25) is 0 Å². The van der Waals surface area contributed by atoms with Crippen LogP contribution < -0.4 is 4.74 Å². The van der Waals surface area contributed by atoms with Crippen molar-refractivity contribution >= 4 is 0 Å². The largest absolute Gasteiger partial charge is 0.473 e. The highest BCUT2D eigenvalue weighted by molar-refractivity contribution is 5.44. The normalized spacial score (nSPS) is 9.73. The molecule has 0 bridgehead atoms. The van der Waals surface area contributed by atoms with Crippen molar-refractivity contribution in [2.24, 2.45) is 0 Å². The molecule has 0 spiro atoms. The SMILES string of the molecule is COCCOc1nnc(C)c(C)c1C#N. The molecule has 0 aliphatic carbocycles. The van der Waals surface area contributed by atoms with Crippen molar-refractivity contribution in [2.75, 3.05) is 20.3 Å². The fourth-order valence-corrected chi connectivity index (χ4v) is 1.04. The Balaban J connectivity index is 2.89. The van der Waals surface area contributed by atoms with Crippen molar-refractivity contribution in [1.82, 2.24) is 10.2 Å². The van der Waals surface area contributed by atoms with Crippen molar-refractivity contribution in [3.8, 4) is 11.9 Å². The lowest BCUT2D eigenvalue weighted by Gasteiger charge is -2.07. The van der Waals surface area contributed by atoms with E-state index >= 15 is 0 Å². The first kappa shape index (κ1) is 11.4. The number of ether oxygens (including phenoxy) is 2. The highest BCUT2D eigenvalue weighted by Gasteiger charge is 2.11. The Bertz CT molecular complexity index is 385. The fraction of sp³-hybridized carbons (Fsp3) is 0.500. The molecule has 0 saturated heterocycles. The molecule has 0 atom stereocenters. The fourth-order valence-electron chi connectivity index (χ4n) is 1.04. The quantitative estimate of drug-likeness (QED) is 0.689. The maximum absolute atomic E-state index is 8.95. The summed E-state index contributed by atoms with van der Waals surface area (Å²) >= 11 is 0. The van der Waals surface area contributed by atoms with Crippen LogP contribution in [-0.2, 0) is 4.74 Å². The van der Waals surface area contributed by atoms with Crippen LogP contribution in [0.1, 0.15) is 16.8 Å². The second-order valence-electron chi connectivity index (χ2n) is 3.04. The lowest BCUT2D eigenvalue weighted by Crippen LogP contribution is -2.09. The van der Waals surface area contributed by atoms with Gasteiger partial charge in [0.2, 0.25) is 0 Å². The molecule has 1 rings (SSSR count). The third-order valence-corrected chi connectivity index (χ3v) is 2.06. The van der Waals surface area contributed by atoms with Crippen LogP contribution >= 0.6 is 0 Å². The summed E-state index contributed by atoms with van der Waals surface area (Å²) in [5, 5.41) is 16.7. The zero-order valence-corrected chi connectivity index (χ0v) is 9.07. The van der Waals surface area contributed by atoms with E-state index in [-0.39, 0.29) is 5.88 Å². The van der Waals surface area contributed by atoms with Crippen LogP contribution in [0, 0.1) is 25.2 Å². The summed E-state index contributed by atoms with van der Waals surface area (Å²) in [4.78, 5) is 0. The molecule has 15 heavy (non-hydrogen) atoms. The van der Waals surface area contributed by atoms with Gasteiger partial charge in [-0.15, -0.1) is 5.10 Å². The Morgan fingerprint density at radius 2 is 2.00 bits per heavy atom. The van der Waals surface area contributed by atoms with E-state index in [0.29, 0.717) is 18.8 Å². The third-order valence-electron chi connectivity index (χ3n) is 2.06. The Morgan fingerprint density at radius 1 is 1.27 bits per heavy atom. The topological polar surface area (TPSA) is 68.0 Å². The summed E-state index contributed by atoms with van der Waals surface area (Å²) in [5.74, 6) is 0.276. The number of aromatic nitrogens is 2. The Labute approximate surface area is 88.6 Å². The second kappa shape index (κ2) is 5.27. The monoisotopic (exact) mass is 207 g/mol. The van der Waals surface area contributed by atoms with Crippen LogP contribution in [0.2, 0.25) is 0 Å². The Kier molecular flexibility index (Phi) is 4.01. The molecule has 5 heteroatoms. The molecule has 1 aromatic heterocycles. The van der Waals surface area contributed by atoms with E-state index < -0.39 is 0 Å². The standard InChI is InChI=1S/C10H13N3O2/c1-7-8(2)12-13-10(9(7)6-11)15-5-4-14-3/h4-5H2,1-3H3. The molecule has 0 amide bonds. The molecular formula is C10H13N3O2. The van der Waals surface area contributed by atoms with Crippen molar-refractivity contribution in [3.63, 3.8) is 0 Å². The first-order chi connectivity index (χ1) is 7.20. The summed E-state index contributed by atoms with van der Waals surface area (Å²) in [6.07, 6.45) is 0. The smallest absolute Gasteiger partial charge is 0.251 e. The first-order valence-electron chi connectivity index (χ1n) is 4.56. The number of hydrogen-bond acceptors (Lipinski definition) is 5. The molecule has 0 radical (unpaired) electrons. The molecular weight excluding hydrogens is 194 g/mol. The lowest BCUT2D eigenvalue weighted by molar-refractivity contribution is 0.143. The molecule has 0 aliphatic rings. The van der Waals surface area contributed by atoms with Gasteiger partial charge in [0.1, 0.15) is 18.2 Å². The van der Waals surface area contributed by atoms with E-state index in [9.17, 15) is 0 Å². The van der Waals surface area contributed by atoms with Crippen LogP contribution in [0.3, 0.4) is 0 Å².